The first-order valence-corrected chi connectivity index (χ1v) is 6.10. The Bertz CT molecular complexity index is 626. The van der Waals surface area contributed by atoms with Crippen LogP contribution in [0, 0.1) is 6.92 Å². The minimum atomic E-state index is -0.212. The summed E-state index contributed by atoms with van der Waals surface area (Å²) in [5.74, 6) is 0.895. The van der Waals surface area contributed by atoms with Crippen molar-refractivity contribution in [1.29, 1.82) is 0 Å². The lowest BCUT2D eigenvalue weighted by Crippen LogP contribution is -2.12. The van der Waals surface area contributed by atoms with Gasteiger partial charge in [-0.2, -0.15) is 0 Å². The number of carbonyl (C=O) groups is 1. The van der Waals surface area contributed by atoms with Gasteiger partial charge >= 0.3 is 0 Å². The molecule has 0 saturated carbocycles. The number of hydrogen-bond donors (Lipinski definition) is 1. The van der Waals surface area contributed by atoms with E-state index in [9.17, 15) is 4.79 Å². The summed E-state index contributed by atoms with van der Waals surface area (Å²) < 4.78 is 10.3. The number of hydrogen-bond acceptors (Lipinski definition) is 4. The van der Waals surface area contributed by atoms with E-state index < -0.39 is 0 Å². The zero-order chi connectivity index (χ0) is 14.5. The number of carbonyl (C=O) groups excluding carboxylic acids is 1. The fraction of sp³-hybridized carbons (Fsp3) is 0.200. The Morgan fingerprint density at radius 2 is 1.85 bits per heavy atom. The number of benzene rings is 1. The lowest BCUT2D eigenvalue weighted by Gasteiger charge is -2.10. The summed E-state index contributed by atoms with van der Waals surface area (Å²) in [7, 11) is 3.09. The third kappa shape index (κ3) is 3.06. The van der Waals surface area contributed by atoms with E-state index in [1.165, 1.54) is 7.11 Å². The Kier molecular flexibility index (Phi) is 4.20. The molecule has 0 radical (unpaired) electrons. The number of ether oxygens (including phenoxy) is 2. The van der Waals surface area contributed by atoms with E-state index >= 15 is 0 Å². The van der Waals surface area contributed by atoms with Crippen molar-refractivity contribution in [1.82, 2.24) is 4.98 Å². The molecule has 104 valence electrons. The molecule has 1 heterocycles. The number of aromatic nitrogens is 1. The van der Waals surface area contributed by atoms with Gasteiger partial charge in [-0.1, -0.05) is 0 Å². The second-order valence-corrected chi connectivity index (χ2v) is 4.21. The molecule has 1 aromatic carbocycles. The smallest absolute Gasteiger partial charge is 0.255 e. The van der Waals surface area contributed by atoms with Gasteiger partial charge in [-0.05, 0) is 37.3 Å². The minimum absolute atomic E-state index is 0.212. The molecule has 0 saturated heterocycles. The molecule has 20 heavy (non-hydrogen) atoms. The lowest BCUT2D eigenvalue weighted by molar-refractivity contribution is 0.102. The summed E-state index contributed by atoms with van der Waals surface area (Å²) in [6.45, 7) is 1.87. The molecule has 1 N–H and O–H groups in total. The quantitative estimate of drug-likeness (QED) is 0.929. The first-order chi connectivity index (χ1) is 9.63. The van der Waals surface area contributed by atoms with Crippen LogP contribution in [0.15, 0.2) is 36.5 Å². The second-order valence-electron chi connectivity index (χ2n) is 4.21. The zero-order valence-corrected chi connectivity index (χ0v) is 11.6. The van der Waals surface area contributed by atoms with Crippen molar-refractivity contribution in [3.8, 4) is 11.5 Å². The molecule has 0 spiro atoms. The van der Waals surface area contributed by atoms with Crippen LogP contribution in [0.4, 0.5) is 5.69 Å². The van der Waals surface area contributed by atoms with E-state index in [-0.39, 0.29) is 5.91 Å². The number of rotatable bonds is 4. The maximum Gasteiger partial charge on any atom is 0.255 e. The highest BCUT2D eigenvalue weighted by molar-refractivity contribution is 6.04. The van der Waals surface area contributed by atoms with E-state index in [1.54, 1.807) is 43.6 Å². The van der Waals surface area contributed by atoms with Crippen molar-refractivity contribution < 1.29 is 14.3 Å². The Morgan fingerprint density at radius 3 is 2.50 bits per heavy atom. The molecule has 0 aliphatic carbocycles. The molecule has 0 fully saturated rings. The second kappa shape index (κ2) is 6.06. The predicted molar refractivity (Wildman–Crippen MR) is 76.5 cm³/mol. The maximum absolute atomic E-state index is 12.2. The van der Waals surface area contributed by atoms with Crippen LogP contribution in [-0.2, 0) is 0 Å². The average molecular weight is 272 g/mol. The standard InChI is InChI=1S/C15H16N2O3/c1-10-8-12(6-7-16-10)17-15(18)11-4-5-13(19-2)14(9-11)20-3/h4-9H,1-3H3,(H,16,17,18). The third-order valence-electron chi connectivity index (χ3n) is 2.80. The van der Waals surface area contributed by atoms with E-state index in [0.29, 0.717) is 22.7 Å². The van der Waals surface area contributed by atoms with Crippen LogP contribution in [-0.4, -0.2) is 25.1 Å². The van der Waals surface area contributed by atoms with Gasteiger partial charge in [-0.15, -0.1) is 0 Å². The summed E-state index contributed by atoms with van der Waals surface area (Å²) in [5, 5.41) is 2.81. The van der Waals surface area contributed by atoms with Crippen molar-refractivity contribution in [3.63, 3.8) is 0 Å². The van der Waals surface area contributed by atoms with Gasteiger partial charge in [0.05, 0.1) is 14.2 Å². The van der Waals surface area contributed by atoms with Crippen LogP contribution in [0.2, 0.25) is 0 Å². The zero-order valence-electron chi connectivity index (χ0n) is 11.6. The summed E-state index contributed by atoms with van der Waals surface area (Å²) in [5.41, 5.74) is 2.05. The van der Waals surface area contributed by atoms with E-state index in [0.717, 1.165) is 5.69 Å². The first-order valence-electron chi connectivity index (χ1n) is 6.10. The van der Waals surface area contributed by atoms with Gasteiger partial charge in [0.2, 0.25) is 0 Å². The van der Waals surface area contributed by atoms with Gasteiger partial charge in [0.1, 0.15) is 0 Å². The summed E-state index contributed by atoms with van der Waals surface area (Å²) >= 11 is 0. The van der Waals surface area contributed by atoms with Gasteiger partial charge in [0, 0.05) is 23.1 Å². The average Bonchev–Trinajstić information content (AvgIpc) is 2.46. The van der Waals surface area contributed by atoms with Crippen LogP contribution < -0.4 is 14.8 Å². The molecule has 2 rings (SSSR count). The molecule has 2 aromatic rings. The Hall–Kier alpha value is -2.56. The van der Waals surface area contributed by atoms with E-state index in [4.69, 9.17) is 9.47 Å². The van der Waals surface area contributed by atoms with Crippen LogP contribution >= 0.6 is 0 Å². The molecule has 5 nitrogen and oxygen atoms in total. The monoisotopic (exact) mass is 272 g/mol. The van der Waals surface area contributed by atoms with Gasteiger partial charge < -0.3 is 14.8 Å². The van der Waals surface area contributed by atoms with Crippen molar-refractivity contribution >= 4 is 11.6 Å². The topological polar surface area (TPSA) is 60.5 Å². The maximum atomic E-state index is 12.2. The number of anilines is 1. The number of aryl methyl sites for hydroxylation is 1. The number of methoxy groups -OCH3 is 2. The van der Waals surface area contributed by atoms with Crippen LogP contribution in [0.25, 0.3) is 0 Å². The van der Waals surface area contributed by atoms with Crippen molar-refractivity contribution in [2.75, 3.05) is 19.5 Å². The minimum Gasteiger partial charge on any atom is -0.493 e. The van der Waals surface area contributed by atoms with Crippen molar-refractivity contribution in [2.24, 2.45) is 0 Å². The fourth-order valence-electron chi connectivity index (χ4n) is 1.80. The Labute approximate surface area is 117 Å². The molecule has 0 aliphatic rings. The molecule has 0 unspecified atom stereocenters. The highest BCUT2D eigenvalue weighted by Gasteiger charge is 2.11. The molecule has 0 bridgehead atoms. The SMILES string of the molecule is COc1ccc(C(=O)Nc2ccnc(C)c2)cc1OC. The molecule has 1 aromatic heterocycles. The molecular weight excluding hydrogens is 256 g/mol. The van der Waals surface area contributed by atoms with Crippen molar-refractivity contribution in [2.45, 2.75) is 6.92 Å². The number of amides is 1. The van der Waals surface area contributed by atoms with E-state index in [1.807, 2.05) is 6.92 Å². The van der Waals surface area contributed by atoms with Gasteiger partial charge in [-0.3, -0.25) is 9.78 Å². The van der Waals surface area contributed by atoms with Crippen LogP contribution in [0.5, 0.6) is 11.5 Å². The highest BCUT2D eigenvalue weighted by Crippen LogP contribution is 2.27. The van der Waals surface area contributed by atoms with Crippen molar-refractivity contribution in [3.05, 3.63) is 47.8 Å². The Morgan fingerprint density at radius 1 is 1.10 bits per heavy atom. The molecule has 5 heteroatoms. The number of pyridine rings is 1. The Balaban J connectivity index is 2.21. The van der Waals surface area contributed by atoms with Gasteiger partial charge in [-0.25, -0.2) is 0 Å². The molecule has 1 amide bonds. The van der Waals surface area contributed by atoms with E-state index in [2.05, 4.69) is 10.3 Å². The molecule has 0 atom stereocenters. The van der Waals surface area contributed by atoms with Crippen LogP contribution in [0.3, 0.4) is 0 Å². The number of nitrogens with zero attached hydrogens (tertiary/aromatic N) is 1. The first kappa shape index (κ1) is 13.9. The molecule has 0 aliphatic heterocycles. The third-order valence-corrected chi connectivity index (χ3v) is 2.80. The molecular formula is C15H16N2O3. The fourth-order valence-corrected chi connectivity index (χ4v) is 1.80. The van der Waals surface area contributed by atoms with Gasteiger partial charge in [0.15, 0.2) is 11.5 Å². The van der Waals surface area contributed by atoms with Crippen LogP contribution in [0.1, 0.15) is 16.1 Å². The highest BCUT2D eigenvalue weighted by atomic mass is 16.5. The normalized spacial score (nSPS) is 9.95. The summed E-state index contributed by atoms with van der Waals surface area (Å²) in [4.78, 5) is 16.2. The number of nitrogens with one attached hydrogen (secondary N) is 1. The predicted octanol–water partition coefficient (Wildman–Crippen LogP) is 2.66. The van der Waals surface area contributed by atoms with Gasteiger partial charge in [0.25, 0.3) is 5.91 Å². The summed E-state index contributed by atoms with van der Waals surface area (Å²) in [6, 6.07) is 8.57. The largest absolute Gasteiger partial charge is 0.493 e. The summed E-state index contributed by atoms with van der Waals surface area (Å²) in [6.07, 6.45) is 1.65. The lowest BCUT2D eigenvalue weighted by atomic mass is 10.2.